The monoisotopic (exact) mass is 481 g/mol. The molecule has 0 fully saturated rings. The van der Waals surface area contributed by atoms with Crippen molar-refractivity contribution in [3.8, 4) is 17.9 Å². The number of benzene rings is 3. The Hall–Kier alpha value is -4.92. The minimum Gasteiger partial charge on any atom is -0.465 e. The van der Waals surface area contributed by atoms with E-state index in [0.717, 1.165) is 5.56 Å². The van der Waals surface area contributed by atoms with Crippen molar-refractivity contribution in [3.05, 3.63) is 94.5 Å². The van der Waals surface area contributed by atoms with Crippen molar-refractivity contribution in [3.63, 3.8) is 0 Å². The third kappa shape index (κ3) is 7.29. The lowest BCUT2D eigenvalue weighted by atomic mass is 10.0. The molecule has 0 saturated carbocycles. The van der Waals surface area contributed by atoms with Crippen molar-refractivity contribution < 1.29 is 24.2 Å². The van der Waals surface area contributed by atoms with Gasteiger partial charge >= 0.3 is 6.09 Å². The molecule has 3 N–H and O–H groups in total. The standard InChI is InChI=1S/C28H23N3O5/c1-2-36-18-23-15-25(31-28(34)35)24(14-21(23)12-11-19-7-4-3-5-8-19)30-27(33)16-26(32)22-10-6-9-20(13-22)17-29/h3-10,13-15,31H,2,16,18H2,1H3,(H,30,33)(H,34,35). The van der Waals surface area contributed by atoms with Gasteiger partial charge in [0.05, 0.1) is 36.0 Å². The Morgan fingerprint density at radius 1 is 0.917 bits per heavy atom. The van der Waals surface area contributed by atoms with E-state index in [1.807, 2.05) is 43.3 Å². The van der Waals surface area contributed by atoms with Gasteiger partial charge in [-0.2, -0.15) is 5.26 Å². The Morgan fingerprint density at radius 3 is 2.33 bits per heavy atom. The second-order valence-corrected chi connectivity index (χ2v) is 7.58. The van der Waals surface area contributed by atoms with Gasteiger partial charge in [0.2, 0.25) is 5.91 Å². The van der Waals surface area contributed by atoms with Crippen LogP contribution in [0.5, 0.6) is 0 Å². The van der Waals surface area contributed by atoms with Crippen LogP contribution in [-0.4, -0.2) is 29.5 Å². The van der Waals surface area contributed by atoms with Crippen LogP contribution in [0.1, 0.15) is 46.0 Å². The molecule has 0 bridgehead atoms. The Morgan fingerprint density at radius 2 is 1.64 bits per heavy atom. The average Bonchev–Trinajstić information content (AvgIpc) is 2.87. The molecule has 3 rings (SSSR count). The van der Waals surface area contributed by atoms with E-state index in [4.69, 9.17) is 10.00 Å². The average molecular weight is 482 g/mol. The van der Waals surface area contributed by atoms with Gasteiger partial charge in [0, 0.05) is 23.3 Å². The van der Waals surface area contributed by atoms with Crippen LogP contribution >= 0.6 is 0 Å². The summed E-state index contributed by atoms with van der Waals surface area (Å²) in [5.74, 6) is 4.98. The first-order valence-corrected chi connectivity index (χ1v) is 11.0. The van der Waals surface area contributed by atoms with E-state index in [-0.39, 0.29) is 23.5 Å². The predicted octanol–water partition coefficient (Wildman–Crippen LogP) is 4.80. The topological polar surface area (TPSA) is 129 Å². The van der Waals surface area contributed by atoms with E-state index < -0.39 is 24.2 Å². The molecule has 0 aromatic heterocycles. The van der Waals surface area contributed by atoms with Crippen LogP contribution in [0.2, 0.25) is 0 Å². The van der Waals surface area contributed by atoms with E-state index in [1.165, 1.54) is 12.1 Å². The Labute approximate surface area is 208 Å². The molecule has 0 spiro atoms. The summed E-state index contributed by atoms with van der Waals surface area (Å²) in [5, 5.41) is 23.2. The van der Waals surface area contributed by atoms with Crippen molar-refractivity contribution in [2.45, 2.75) is 20.0 Å². The molecule has 2 amide bonds. The second kappa shape index (κ2) is 12.5. The minimum atomic E-state index is -1.32. The summed E-state index contributed by atoms with van der Waals surface area (Å²) in [6.07, 6.45) is -1.81. The number of rotatable bonds is 8. The second-order valence-electron chi connectivity index (χ2n) is 7.58. The summed E-state index contributed by atoms with van der Waals surface area (Å²) >= 11 is 0. The fraction of sp³-hybridized carbons (Fsp3) is 0.143. The van der Waals surface area contributed by atoms with Crippen LogP contribution < -0.4 is 10.6 Å². The number of nitriles is 1. The summed E-state index contributed by atoms with van der Waals surface area (Å²) in [4.78, 5) is 36.6. The largest absolute Gasteiger partial charge is 0.465 e. The van der Waals surface area contributed by atoms with Crippen LogP contribution in [0, 0.1) is 23.2 Å². The quantitative estimate of drug-likeness (QED) is 0.241. The highest BCUT2D eigenvalue weighted by molar-refractivity contribution is 6.12. The maximum Gasteiger partial charge on any atom is 0.409 e. The Bertz CT molecular complexity index is 1380. The van der Waals surface area contributed by atoms with E-state index >= 15 is 0 Å². The first-order valence-electron chi connectivity index (χ1n) is 11.0. The summed E-state index contributed by atoms with van der Waals surface area (Å²) in [5.41, 5.74) is 2.75. The molecule has 0 aliphatic rings. The number of ether oxygens (including phenoxy) is 1. The normalized spacial score (nSPS) is 9.89. The van der Waals surface area contributed by atoms with Crippen LogP contribution in [-0.2, 0) is 16.1 Å². The maximum atomic E-state index is 12.7. The molecule has 8 heteroatoms. The number of nitrogens with one attached hydrogen (secondary N) is 2. The fourth-order valence-corrected chi connectivity index (χ4v) is 3.28. The van der Waals surface area contributed by atoms with Crippen molar-refractivity contribution in [2.24, 2.45) is 0 Å². The van der Waals surface area contributed by atoms with Crippen molar-refractivity contribution in [1.82, 2.24) is 0 Å². The van der Waals surface area contributed by atoms with E-state index in [1.54, 1.807) is 24.3 Å². The fourth-order valence-electron chi connectivity index (χ4n) is 3.28. The molecule has 180 valence electrons. The number of Topliss-reactive ketones (excluding diaryl/α,β-unsaturated/α-hetero) is 1. The first kappa shape index (κ1) is 25.7. The molecule has 8 nitrogen and oxygen atoms in total. The number of hydrogen-bond donors (Lipinski definition) is 3. The zero-order valence-corrected chi connectivity index (χ0v) is 19.5. The zero-order valence-electron chi connectivity index (χ0n) is 19.5. The van der Waals surface area contributed by atoms with E-state index in [9.17, 15) is 19.5 Å². The third-order valence-electron chi connectivity index (χ3n) is 4.97. The van der Waals surface area contributed by atoms with Crippen molar-refractivity contribution in [2.75, 3.05) is 17.2 Å². The van der Waals surface area contributed by atoms with Crippen LogP contribution in [0.3, 0.4) is 0 Å². The summed E-state index contributed by atoms with van der Waals surface area (Å²) in [6, 6.07) is 20.4. The van der Waals surface area contributed by atoms with Crippen LogP contribution in [0.25, 0.3) is 0 Å². The number of carbonyl (C=O) groups excluding carboxylic acids is 2. The van der Waals surface area contributed by atoms with Crippen molar-refractivity contribution >= 4 is 29.2 Å². The Balaban J connectivity index is 1.92. The summed E-state index contributed by atoms with van der Waals surface area (Å²) in [7, 11) is 0. The lowest BCUT2D eigenvalue weighted by molar-refractivity contribution is -0.115. The molecule has 0 heterocycles. The zero-order chi connectivity index (χ0) is 25.9. The van der Waals surface area contributed by atoms with Gasteiger partial charge in [-0.15, -0.1) is 0 Å². The highest BCUT2D eigenvalue weighted by atomic mass is 16.5. The van der Waals surface area contributed by atoms with Gasteiger partial charge in [0.1, 0.15) is 0 Å². The summed E-state index contributed by atoms with van der Waals surface area (Å²) < 4.78 is 5.52. The van der Waals surface area contributed by atoms with E-state index in [0.29, 0.717) is 23.3 Å². The smallest absolute Gasteiger partial charge is 0.409 e. The van der Waals surface area contributed by atoms with Gasteiger partial charge in [0.25, 0.3) is 0 Å². The van der Waals surface area contributed by atoms with Gasteiger partial charge in [-0.1, -0.05) is 42.2 Å². The number of ketones is 1. The number of hydrogen-bond acceptors (Lipinski definition) is 5. The van der Waals surface area contributed by atoms with Gasteiger partial charge in [0.15, 0.2) is 5.78 Å². The number of anilines is 2. The first-order chi connectivity index (χ1) is 17.4. The number of amides is 2. The van der Waals surface area contributed by atoms with Gasteiger partial charge in [-0.05, 0) is 48.9 Å². The maximum absolute atomic E-state index is 12.7. The van der Waals surface area contributed by atoms with E-state index in [2.05, 4.69) is 22.5 Å². The summed E-state index contributed by atoms with van der Waals surface area (Å²) in [6.45, 7) is 2.47. The van der Waals surface area contributed by atoms with Crippen LogP contribution in [0.15, 0.2) is 66.7 Å². The van der Waals surface area contributed by atoms with Gasteiger partial charge < -0.3 is 15.2 Å². The molecule has 0 unspecified atom stereocenters. The number of carboxylic acid groups (broad SMARTS) is 1. The molecule has 0 radical (unpaired) electrons. The van der Waals surface area contributed by atoms with Gasteiger partial charge in [-0.3, -0.25) is 14.9 Å². The lowest BCUT2D eigenvalue weighted by Gasteiger charge is -2.15. The number of carbonyl (C=O) groups is 3. The van der Waals surface area contributed by atoms with Crippen molar-refractivity contribution in [1.29, 1.82) is 5.26 Å². The molecule has 0 saturated heterocycles. The molecule has 0 aliphatic heterocycles. The predicted molar refractivity (Wildman–Crippen MR) is 135 cm³/mol. The SMILES string of the molecule is CCOCc1cc(NC(=O)O)c(NC(=O)CC(=O)c2cccc(C#N)c2)cc1C#Cc1ccccc1. The molecule has 0 atom stereocenters. The molecule has 0 aliphatic carbocycles. The third-order valence-corrected chi connectivity index (χ3v) is 4.97. The molecule has 36 heavy (non-hydrogen) atoms. The molecular formula is C28H23N3O5. The Kier molecular flexibility index (Phi) is 8.94. The number of nitrogens with zero attached hydrogens (tertiary/aromatic N) is 1. The van der Waals surface area contributed by atoms with Crippen LogP contribution in [0.4, 0.5) is 16.2 Å². The molecule has 3 aromatic rings. The minimum absolute atomic E-state index is 0.120. The lowest BCUT2D eigenvalue weighted by Crippen LogP contribution is -2.19. The highest BCUT2D eigenvalue weighted by Gasteiger charge is 2.17. The molecular weight excluding hydrogens is 458 g/mol. The van der Waals surface area contributed by atoms with Gasteiger partial charge in [-0.25, -0.2) is 4.79 Å². The molecule has 3 aromatic carbocycles. The highest BCUT2D eigenvalue weighted by Crippen LogP contribution is 2.28.